The Morgan fingerprint density at radius 3 is 2.76 bits per heavy atom. The molecule has 1 aliphatic heterocycles. The number of hydrogen-bond acceptors (Lipinski definition) is 5. The molecule has 0 unspecified atom stereocenters. The Kier molecular flexibility index (Phi) is 5.04. The molecule has 0 fully saturated rings. The molecule has 152 valence electrons. The van der Waals surface area contributed by atoms with Crippen LogP contribution in [0.3, 0.4) is 0 Å². The highest BCUT2D eigenvalue weighted by Crippen LogP contribution is 2.31. The molecule has 2 aromatic carbocycles. The fourth-order valence-electron chi connectivity index (χ4n) is 3.83. The molecule has 0 aliphatic carbocycles. The van der Waals surface area contributed by atoms with Gasteiger partial charge in [-0.3, -0.25) is 4.79 Å². The molecule has 0 spiro atoms. The smallest absolute Gasteiger partial charge is 0.246 e. The van der Waals surface area contributed by atoms with Crippen molar-refractivity contribution < 1.29 is 17.9 Å². The summed E-state index contributed by atoms with van der Waals surface area (Å²) in [6.45, 7) is 0.670. The Morgan fingerprint density at radius 2 is 2.00 bits per heavy atom. The van der Waals surface area contributed by atoms with E-state index in [1.165, 1.54) is 6.26 Å². The summed E-state index contributed by atoms with van der Waals surface area (Å²) in [7, 11) is -1.66. The van der Waals surface area contributed by atoms with Crippen LogP contribution in [0.25, 0.3) is 11.0 Å². The first kappa shape index (κ1) is 19.4. The van der Waals surface area contributed by atoms with Crippen LogP contribution in [0.15, 0.2) is 42.5 Å². The molecule has 1 amide bonds. The van der Waals surface area contributed by atoms with Gasteiger partial charge in [-0.2, -0.15) is 0 Å². The van der Waals surface area contributed by atoms with E-state index in [1.807, 2.05) is 42.5 Å². The summed E-state index contributed by atoms with van der Waals surface area (Å²) in [4.78, 5) is 19.5. The molecule has 0 N–H and O–H groups in total. The molecule has 0 saturated carbocycles. The first-order valence-electron chi connectivity index (χ1n) is 9.45. The van der Waals surface area contributed by atoms with Crippen molar-refractivity contribution in [1.82, 2.24) is 9.55 Å². The van der Waals surface area contributed by atoms with E-state index in [-0.39, 0.29) is 18.2 Å². The van der Waals surface area contributed by atoms with Crippen molar-refractivity contribution in [3.8, 4) is 5.75 Å². The zero-order chi connectivity index (χ0) is 20.6. The number of para-hydroxylation sites is 2. The molecule has 0 bridgehead atoms. The Labute approximate surface area is 169 Å². The van der Waals surface area contributed by atoms with Gasteiger partial charge in [0.2, 0.25) is 5.91 Å². The minimum atomic E-state index is -3.29. The van der Waals surface area contributed by atoms with Gasteiger partial charge in [-0.1, -0.05) is 12.1 Å². The molecule has 4 rings (SSSR count). The van der Waals surface area contributed by atoms with E-state index in [9.17, 15) is 13.2 Å². The highest BCUT2D eigenvalue weighted by Gasteiger charge is 2.25. The van der Waals surface area contributed by atoms with Crippen molar-refractivity contribution in [3.63, 3.8) is 0 Å². The second-order valence-corrected chi connectivity index (χ2v) is 9.46. The van der Waals surface area contributed by atoms with E-state index in [0.29, 0.717) is 17.9 Å². The minimum Gasteiger partial charge on any atom is -0.497 e. The maximum absolute atomic E-state index is 13.2. The Morgan fingerprint density at radius 1 is 1.21 bits per heavy atom. The number of aromatic nitrogens is 2. The van der Waals surface area contributed by atoms with E-state index >= 15 is 0 Å². The van der Waals surface area contributed by atoms with Crippen molar-refractivity contribution in [1.29, 1.82) is 0 Å². The Hall–Kier alpha value is -2.87. The normalized spacial score (nSPS) is 14.1. The Balaban J connectivity index is 1.69. The minimum absolute atomic E-state index is 0.0385. The van der Waals surface area contributed by atoms with Gasteiger partial charge in [-0.15, -0.1) is 0 Å². The number of fused-ring (bicyclic) bond motifs is 2. The lowest BCUT2D eigenvalue weighted by atomic mass is 10.0. The number of nitrogens with zero attached hydrogens (tertiary/aromatic N) is 3. The van der Waals surface area contributed by atoms with Gasteiger partial charge in [-0.25, -0.2) is 13.4 Å². The van der Waals surface area contributed by atoms with Gasteiger partial charge in [0.1, 0.15) is 23.9 Å². The third-order valence-electron chi connectivity index (χ3n) is 5.12. The molecule has 29 heavy (non-hydrogen) atoms. The second kappa shape index (κ2) is 7.51. The fourth-order valence-corrected chi connectivity index (χ4v) is 4.52. The maximum Gasteiger partial charge on any atom is 0.246 e. The van der Waals surface area contributed by atoms with E-state index in [2.05, 4.69) is 4.98 Å². The van der Waals surface area contributed by atoms with E-state index in [0.717, 1.165) is 35.4 Å². The summed E-state index contributed by atoms with van der Waals surface area (Å²) in [5, 5.41) is 0. The number of sulfone groups is 1. The number of amides is 1. The van der Waals surface area contributed by atoms with E-state index < -0.39 is 9.84 Å². The first-order valence-corrected chi connectivity index (χ1v) is 11.5. The lowest BCUT2D eigenvalue weighted by molar-refractivity contribution is -0.119. The number of carbonyl (C=O) groups excluding carboxylic acids is 1. The average molecular weight is 413 g/mol. The molecular weight excluding hydrogens is 390 g/mol. The second-order valence-electron chi connectivity index (χ2n) is 7.32. The van der Waals surface area contributed by atoms with Crippen LogP contribution in [0.4, 0.5) is 5.69 Å². The lowest BCUT2D eigenvalue weighted by Crippen LogP contribution is -2.38. The maximum atomic E-state index is 13.2. The topological polar surface area (TPSA) is 81.5 Å². The van der Waals surface area contributed by atoms with Gasteiger partial charge in [0, 0.05) is 18.5 Å². The molecule has 2 heterocycles. The first-order chi connectivity index (χ1) is 13.9. The van der Waals surface area contributed by atoms with Crippen LogP contribution in [-0.4, -0.2) is 43.8 Å². The highest BCUT2D eigenvalue weighted by molar-refractivity contribution is 7.89. The number of aryl methyl sites for hydroxylation is 1. The lowest BCUT2D eigenvalue weighted by Gasteiger charge is -2.30. The van der Waals surface area contributed by atoms with Gasteiger partial charge in [0.25, 0.3) is 0 Å². The van der Waals surface area contributed by atoms with E-state index in [4.69, 9.17) is 4.74 Å². The predicted octanol–water partition coefficient (Wildman–Crippen LogP) is 2.57. The largest absolute Gasteiger partial charge is 0.497 e. The summed E-state index contributed by atoms with van der Waals surface area (Å²) >= 11 is 0. The molecule has 1 aromatic heterocycles. The van der Waals surface area contributed by atoms with Gasteiger partial charge in [-0.05, 0) is 48.7 Å². The fraction of sp³-hybridized carbons (Fsp3) is 0.333. The molecule has 0 radical (unpaired) electrons. The number of imidazole rings is 1. The number of benzene rings is 2. The zero-order valence-corrected chi connectivity index (χ0v) is 17.3. The third-order valence-corrected chi connectivity index (χ3v) is 5.91. The Bertz CT molecular complexity index is 1180. The van der Waals surface area contributed by atoms with Crippen LogP contribution in [-0.2, 0) is 33.4 Å². The monoisotopic (exact) mass is 413 g/mol. The van der Waals surface area contributed by atoms with Crippen molar-refractivity contribution in [3.05, 3.63) is 53.9 Å². The number of carbonyl (C=O) groups is 1. The standard InChI is InChI=1S/C21H23N3O4S/c1-28-16-9-10-18-15(12-16)6-5-11-23(18)21(25)13-24-19-8-4-3-7-17(19)22-20(24)14-29(2,26)27/h3-4,7-10,12H,5-6,11,13-14H2,1-2H3. The predicted molar refractivity (Wildman–Crippen MR) is 112 cm³/mol. The summed E-state index contributed by atoms with van der Waals surface area (Å²) in [6, 6.07) is 13.1. The summed E-state index contributed by atoms with van der Waals surface area (Å²) in [6.07, 6.45) is 2.93. The quantitative estimate of drug-likeness (QED) is 0.642. The van der Waals surface area contributed by atoms with Gasteiger partial charge >= 0.3 is 0 Å². The van der Waals surface area contributed by atoms with Crippen LogP contribution in [0.5, 0.6) is 5.75 Å². The number of anilines is 1. The number of rotatable bonds is 5. The van der Waals surface area contributed by atoms with Crippen LogP contribution in [0.1, 0.15) is 17.8 Å². The summed E-state index contributed by atoms with van der Waals surface area (Å²) < 4.78 is 30.8. The molecule has 8 heteroatoms. The molecule has 3 aromatic rings. The number of methoxy groups -OCH3 is 1. The molecular formula is C21H23N3O4S. The molecule has 7 nitrogen and oxygen atoms in total. The van der Waals surface area contributed by atoms with Crippen molar-refractivity contribution in [2.24, 2.45) is 0 Å². The van der Waals surface area contributed by atoms with E-state index in [1.54, 1.807) is 16.6 Å². The number of hydrogen-bond donors (Lipinski definition) is 0. The average Bonchev–Trinajstić information content (AvgIpc) is 3.02. The van der Waals surface area contributed by atoms with Crippen molar-refractivity contribution in [2.45, 2.75) is 25.1 Å². The third kappa shape index (κ3) is 3.98. The SMILES string of the molecule is COc1ccc2c(c1)CCCN2C(=O)Cn1c(CS(C)(=O)=O)nc2ccccc21. The van der Waals surface area contributed by atoms with Crippen LogP contribution in [0, 0.1) is 0 Å². The van der Waals surface area contributed by atoms with Crippen LogP contribution >= 0.6 is 0 Å². The zero-order valence-electron chi connectivity index (χ0n) is 16.5. The summed E-state index contributed by atoms with van der Waals surface area (Å²) in [5.74, 6) is 0.861. The van der Waals surface area contributed by atoms with Gasteiger partial charge < -0.3 is 14.2 Å². The van der Waals surface area contributed by atoms with Crippen molar-refractivity contribution in [2.75, 3.05) is 24.8 Å². The highest BCUT2D eigenvalue weighted by atomic mass is 32.2. The summed E-state index contributed by atoms with van der Waals surface area (Å²) in [5.41, 5.74) is 3.40. The van der Waals surface area contributed by atoms with Crippen LogP contribution in [0.2, 0.25) is 0 Å². The van der Waals surface area contributed by atoms with Gasteiger partial charge in [0.05, 0.1) is 18.1 Å². The van der Waals surface area contributed by atoms with Crippen molar-refractivity contribution >= 4 is 32.5 Å². The number of ether oxygens (including phenoxy) is 1. The van der Waals surface area contributed by atoms with Gasteiger partial charge in [0.15, 0.2) is 9.84 Å². The molecule has 1 aliphatic rings. The molecule has 0 atom stereocenters. The van der Waals surface area contributed by atoms with Crippen LogP contribution < -0.4 is 9.64 Å². The molecule has 0 saturated heterocycles.